The van der Waals surface area contributed by atoms with E-state index in [-0.39, 0.29) is 10.6 Å². The molecule has 0 radical (unpaired) electrons. The van der Waals surface area contributed by atoms with Crippen LogP contribution >= 0.6 is 38.9 Å². The molecule has 5 heteroatoms. The summed E-state index contributed by atoms with van der Waals surface area (Å²) in [6, 6.07) is 4.35. The summed E-state index contributed by atoms with van der Waals surface area (Å²) >= 11 is 10.6. The number of hydrogen-bond acceptors (Lipinski definition) is 2. The molecule has 1 aromatic carbocycles. The van der Waals surface area contributed by atoms with Crippen molar-refractivity contribution in [3.8, 4) is 0 Å². The van der Waals surface area contributed by atoms with Crippen LogP contribution in [0.1, 0.15) is 17.2 Å². The molecule has 1 nitrogen and oxygen atoms in total. The van der Waals surface area contributed by atoms with E-state index < -0.39 is 11.9 Å². The second-order valence-electron chi connectivity index (χ2n) is 3.21. The molecule has 0 fully saturated rings. The van der Waals surface area contributed by atoms with Crippen molar-refractivity contribution < 1.29 is 9.50 Å². The summed E-state index contributed by atoms with van der Waals surface area (Å²) in [6.45, 7) is 0. The lowest BCUT2D eigenvalue weighted by Gasteiger charge is -2.13. The van der Waals surface area contributed by atoms with Crippen LogP contribution in [0.25, 0.3) is 0 Å². The zero-order valence-electron chi connectivity index (χ0n) is 7.95. The lowest BCUT2D eigenvalue weighted by atomic mass is 10.0. The Kier molecular flexibility index (Phi) is 3.64. The van der Waals surface area contributed by atoms with Crippen LogP contribution in [-0.2, 0) is 0 Å². The lowest BCUT2D eigenvalue weighted by molar-refractivity contribution is 0.215. The predicted octanol–water partition coefficient (Wildman–Crippen LogP) is 4.38. The molecule has 0 bridgehead atoms. The van der Waals surface area contributed by atoms with Gasteiger partial charge in [0.25, 0.3) is 0 Å². The second kappa shape index (κ2) is 4.84. The average Bonchev–Trinajstić information content (AvgIpc) is 2.64. The highest BCUT2D eigenvalue weighted by Crippen LogP contribution is 2.35. The fraction of sp³-hybridized carbons (Fsp3) is 0.0909. The quantitative estimate of drug-likeness (QED) is 0.870. The van der Waals surface area contributed by atoms with Crippen LogP contribution in [0.4, 0.5) is 4.39 Å². The molecule has 0 saturated carbocycles. The van der Waals surface area contributed by atoms with E-state index in [2.05, 4.69) is 15.9 Å². The van der Waals surface area contributed by atoms with Gasteiger partial charge in [-0.2, -0.15) is 11.3 Å². The van der Waals surface area contributed by atoms with Gasteiger partial charge < -0.3 is 5.11 Å². The molecular weight excluding hydrogens is 315 g/mol. The lowest BCUT2D eigenvalue weighted by Crippen LogP contribution is -2.02. The van der Waals surface area contributed by atoms with E-state index in [0.717, 1.165) is 4.47 Å². The van der Waals surface area contributed by atoms with Gasteiger partial charge in [0, 0.05) is 26.0 Å². The van der Waals surface area contributed by atoms with Gasteiger partial charge in [-0.3, -0.25) is 0 Å². The van der Waals surface area contributed by atoms with E-state index >= 15 is 0 Å². The zero-order valence-corrected chi connectivity index (χ0v) is 11.1. The number of rotatable bonds is 2. The maximum Gasteiger partial charge on any atom is 0.130 e. The Hall–Kier alpha value is -0.420. The molecule has 1 atom stereocenters. The molecule has 0 aliphatic heterocycles. The molecule has 0 saturated heterocycles. The standard InChI is InChI=1S/C11H7BrClFOS/c12-7-5-16-4-6(7)11(15)10-8(13)2-1-3-9(10)14/h1-5,11,15H. The minimum absolute atomic E-state index is 0.114. The molecule has 84 valence electrons. The van der Waals surface area contributed by atoms with Crippen molar-refractivity contribution in [2.75, 3.05) is 0 Å². The SMILES string of the molecule is OC(c1cscc1Br)c1c(F)cccc1Cl. The van der Waals surface area contributed by atoms with Gasteiger partial charge >= 0.3 is 0 Å². The summed E-state index contributed by atoms with van der Waals surface area (Å²) in [5.41, 5.74) is 0.736. The smallest absolute Gasteiger partial charge is 0.130 e. The van der Waals surface area contributed by atoms with E-state index in [1.165, 1.54) is 23.5 Å². The fourth-order valence-electron chi connectivity index (χ4n) is 1.41. The third-order valence-electron chi connectivity index (χ3n) is 2.21. The van der Waals surface area contributed by atoms with Crippen LogP contribution in [0.5, 0.6) is 0 Å². The largest absolute Gasteiger partial charge is 0.383 e. The minimum atomic E-state index is -1.05. The molecule has 0 amide bonds. The van der Waals surface area contributed by atoms with Crippen LogP contribution in [0, 0.1) is 5.82 Å². The molecule has 1 N–H and O–H groups in total. The molecule has 1 heterocycles. The summed E-state index contributed by atoms with van der Waals surface area (Å²) in [6.07, 6.45) is -1.05. The van der Waals surface area contributed by atoms with Gasteiger partial charge in [-0.1, -0.05) is 17.7 Å². The minimum Gasteiger partial charge on any atom is -0.383 e. The van der Waals surface area contributed by atoms with Crippen LogP contribution in [0.15, 0.2) is 33.4 Å². The topological polar surface area (TPSA) is 20.2 Å². The summed E-state index contributed by atoms with van der Waals surface area (Å²) in [7, 11) is 0. The van der Waals surface area contributed by atoms with Gasteiger partial charge in [0.2, 0.25) is 0 Å². The summed E-state index contributed by atoms with van der Waals surface area (Å²) in [4.78, 5) is 0. The Labute approximate surface area is 110 Å². The summed E-state index contributed by atoms with van der Waals surface area (Å²) in [5.74, 6) is -0.502. The number of benzene rings is 1. The summed E-state index contributed by atoms with van der Waals surface area (Å²) < 4.78 is 14.3. The predicted molar refractivity (Wildman–Crippen MR) is 67.5 cm³/mol. The Morgan fingerprint density at radius 3 is 2.69 bits per heavy atom. The zero-order chi connectivity index (χ0) is 11.7. The van der Waals surface area contributed by atoms with Crippen molar-refractivity contribution in [3.05, 3.63) is 55.4 Å². The van der Waals surface area contributed by atoms with Gasteiger partial charge in [0.1, 0.15) is 11.9 Å². The first-order valence-corrected chi connectivity index (χ1v) is 6.56. The molecule has 1 unspecified atom stereocenters. The molecule has 2 rings (SSSR count). The highest BCUT2D eigenvalue weighted by atomic mass is 79.9. The summed E-state index contributed by atoms with van der Waals surface area (Å²) in [5, 5.41) is 13.9. The Bertz CT molecular complexity index is 494. The third kappa shape index (κ3) is 2.15. The number of aliphatic hydroxyl groups is 1. The third-order valence-corrected chi connectivity index (χ3v) is 4.29. The highest BCUT2D eigenvalue weighted by molar-refractivity contribution is 9.10. The van der Waals surface area contributed by atoms with E-state index in [9.17, 15) is 9.50 Å². The first-order valence-electron chi connectivity index (χ1n) is 4.45. The molecule has 1 aromatic heterocycles. The molecule has 0 aliphatic carbocycles. The Balaban J connectivity index is 2.49. The van der Waals surface area contributed by atoms with Gasteiger partial charge in [0.05, 0.1) is 0 Å². The van der Waals surface area contributed by atoms with Crippen molar-refractivity contribution >= 4 is 38.9 Å². The van der Waals surface area contributed by atoms with Crippen molar-refractivity contribution in [3.63, 3.8) is 0 Å². The number of hydrogen-bond donors (Lipinski definition) is 1. The van der Waals surface area contributed by atoms with Crippen molar-refractivity contribution in [2.45, 2.75) is 6.10 Å². The van der Waals surface area contributed by atoms with Crippen LogP contribution in [0.2, 0.25) is 5.02 Å². The van der Waals surface area contributed by atoms with Gasteiger partial charge in [-0.25, -0.2) is 4.39 Å². The molecule has 0 spiro atoms. The van der Waals surface area contributed by atoms with E-state index in [1.807, 2.05) is 5.38 Å². The van der Waals surface area contributed by atoms with Crippen LogP contribution in [0.3, 0.4) is 0 Å². The van der Waals surface area contributed by atoms with Crippen LogP contribution < -0.4 is 0 Å². The number of halogens is 3. The van der Waals surface area contributed by atoms with E-state index in [4.69, 9.17) is 11.6 Å². The van der Waals surface area contributed by atoms with E-state index in [0.29, 0.717) is 5.56 Å². The molecular formula is C11H7BrClFOS. The number of thiophene rings is 1. The van der Waals surface area contributed by atoms with Crippen molar-refractivity contribution in [2.24, 2.45) is 0 Å². The Morgan fingerprint density at radius 1 is 1.38 bits per heavy atom. The Morgan fingerprint density at radius 2 is 2.12 bits per heavy atom. The van der Waals surface area contributed by atoms with Crippen molar-refractivity contribution in [1.29, 1.82) is 0 Å². The number of aliphatic hydroxyl groups excluding tert-OH is 1. The molecule has 2 aromatic rings. The molecule has 16 heavy (non-hydrogen) atoms. The van der Waals surface area contributed by atoms with E-state index in [1.54, 1.807) is 11.4 Å². The first-order chi connectivity index (χ1) is 7.61. The monoisotopic (exact) mass is 320 g/mol. The van der Waals surface area contributed by atoms with Gasteiger partial charge in [-0.05, 0) is 33.4 Å². The van der Waals surface area contributed by atoms with Gasteiger partial charge in [-0.15, -0.1) is 0 Å². The first kappa shape index (κ1) is 12.0. The van der Waals surface area contributed by atoms with Gasteiger partial charge in [0.15, 0.2) is 0 Å². The van der Waals surface area contributed by atoms with Crippen molar-refractivity contribution in [1.82, 2.24) is 0 Å². The maximum absolute atomic E-state index is 13.6. The van der Waals surface area contributed by atoms with Crippen LogP contribution in [-0.4, -0.2) is 5.11 Å². The normalized spacial score (nSPS) is 12.8. The maximum atomic E-state index is 13.6. The average molecular weight is 322 g/mol. The molecule has 0 aliphatic rings. The second-order valence-corrected chi connectivity index (χ2v) is 5.22. The fourth-order valence-corrected chi connectivity index (χ4v) is 3.21. The highest BCUT2D eigenvalue weighted by Gasteiger charge is 2.20.